The molecule has 3 rings (SSSR count). The van der Waals surface area contributed by atoms with Gasteiger partial charge in [0.2, 0.25) is 0 Å². The average Bonchev–Trinajstić information content (AvgIpc) is 3.18. The van der Waals surface area contributed by atoms with Crippen molar-refractivity contribution in [2.45, 2.75) is 13.1 Å². The monoisotopic (exact) mass is 287 g/mol. The predicted octanol–water partition coefficient (Wildman–Crippen LogP) is 2.47. The van der Waals surface area contributed by atoms with Crippen molar-refractivity contribution in [3.8, 4) is 10.6 Å². The summed E-state index contributed by atoms with van der Waals surface area (Å²) in [6.07, 6.45) is 5.59. The summed E-state index contributed by atoms with van der Waals surface area (Å²) >= 11 is 1.81. The van der Waals surface area contributed by atoms with Gasteiger partial charge in [-0.05, 0) is 31.3 Å². The summed E-state index contributed by atoms with van der Waals surface area (Å²) < 4.78 is 1.96. The molecule has 0 spiro atoms. The molecular weight excluding hydrogens is 270 g/mol. The van der Waals surface area contributed by atoms with Gasteiger partial charge in [-0.15, -0.1) is 11.3 Å². The number of H-pyrrole nitrogens is 1. The van der Waals surface area contributed by atoms with Crippen molar-refractivity contribution in [2.75, 3.05) is 13.6 Å². The minimum atomic E-state index is 0.919. The Labute approximate surface area is 121 Å². The second kappa shape index (κ2) is 6.02. The van der Waals surface area contributed by atoms with Crippen molar-refractivity contribution in [3.05, 3.63) is 47.7 Å². The van der Waals surface area contributed by atoms with E-state index in [9.17, 15) is 0 Å². The Morgan fingerprint density at radius 2 is 2.25 bits per heavy atom. The molecule has 0 aliphatic heterocycles. The van der Waals surface area contributed by atoms with Gasteiger partial charge in [-0.25, -0.2) is 0 Å². The molecule has 20 heavy (non-hydrogen) atoms. The maximum atomic E-state index is 4.21. The van der Waals surface area contributed by atoms with Gasteiger partial charge in [0.05, 0.1) is 17.1 Å². The highest BCUT2D eigenvalue weighted by atomic mass is 32.1. The molecule has 0 saturated heterocycles. The van der Waals surface area contributed by atoms with Crippen LogP contribution in [0.25, 0.3) is 10.6 Å². The Balaban J connectivity index is 1.55. The average molecular weight is 287 g/mol. The van der Waals surface area contributed by atoms with Crippen LogP contribution in [0.2, 0.25) is 0 Å². The fraction of sp³-hybridized carbons (Fsp3) is 0.286. The highest BCUT2D eigenvalue weighted by molar-refractivity contribution is 7.15. The van der Waals surface area contributed by atoms with Crippen LogP contribution in [-0.2, 0) is 13.1 Å². The number of thiophene rings is 1. The first-order valence-electron chi connectivity index (χ1n) is 6.56. The van der Waals surface area contributed by atoms with E-state index in [-0.39, 0.29) is 0 Å². The fourth-order valence-electron chi connectivity index (χ4n) is 2.05. The summed E-state index contributed by atoms with van der Waals surface area (Å²) in [6, 6.07) is 8.28. The highest BCUT2D eigenvalue weighted by Gasteiger charge is 2.06. The molecule has 0 radical (unpaired) electrons. The second-order valence-corrected chi connectivity index (χ2v) is 5.91. The molecule has 0 atom stereocenters. The van der Waals surface area contributed by atoms with Crippen LogP contribution in [0.4, 0.5) is 0 Å². The normalized spacial score (nSPS) is 11.3. The zero-order chi connectivity index (χ0) is 13.8. The van der Waals surface area contributed by atoms with E-state index in [1.54, 1.807) is 17.5 Å². The zero-order valence-corrected chi connectivity index (χ0v) is 12.2. The molecule has 5 nitrogen and oxygen atoms in total. The summed E-state index contributed by atoms with van der Waals surface area (Å²) in [6.45, 7) is 2.86. The number of aromatic amines is 1. The summed E-state index contributed by atoms with van der Waals surface area (Å²) in [5.74, 6) is 0. The Hall–Kier alpha value is -1.92. The number of rotatable bonds is 6. The predicted molar refractivity (Wildman–Crippen MR) is 80.5 cm³/mol. The third-order valence-corrected chi connectivity index (χ3v) is 4.23. The molecular formula is C14H17N5S. The van der Waals surface area contributed by atoms with E-state index in [4.69, 9.17) is 0 Å². The molecule has 3 aromatic rings. The molecule has 0 aliphatic carbocycles. The maximum Gasteiger partial charge on any atom is 0.0749 e. The van der Waals surface area contributed by atoms with Gasteiger partial charge in [0.25, 0.3) is 0 Å². The number of nitrogens with zero attached hydrogens (tertiary/aromatic N) is 4. The molecule has 0 saturated carbocycles. The van der Waals surface area contributed by atoms with Crippen molar-refractivity contribution in [3.63, 3.8) is 0 Å². The van der Waals surface area contributed by atoms with E-state index in [0.29, 0.717) is 0 Å². The van der Waals surface area contributed by atoms with Gasteiger partial charge < -0.3 is 0 Å². The lowest BCUT2D eigenvalue weighted by molar-refractivity contribution is 0.307. The minimum Gasteiger partial charge on any atom is -0.299 e. The van der Waals surface area contributed by atoms with Crippen molar-refractivity contribution in [2.24, 2.45) is 0 Å². The largest absolute Gasteiger partial charge is 0.299 e. The Morgan fingerprint density at radius 1 is 1.30 bits per heavy atom. The van der Waals surface area contributed by atoms with E-state index >= 15 is 0 Å². The standard InChI is InChI=1S/C14H17N5S/c1-18(9-10-19-8-2-6-16-19)11-12-3-4-14(20-12)13-5-7-15-17-13/h2-8H,9-11H2,1H3,(H,15,17). The molecule has 1 N–H and O–H groups in total. The van der Waals surface area contributed by atoms with Crippen molar-refractivity contribution in [1.82, 2.24) is 24.9 Å². The zero-order valence-electron chi connectivity index (χ0n) is 11.4. The van der Waals surface area contributed by atoms with E-state index in [1.165, 1.54) is 9.75 Å². The summed E-state index contributed by atoms with van der Waals surface area (Å²) in [4.78, 5) is 4.90. The van der Waals surface area contributed by atoms with Gasteiger partial charge in [-0.1, -0.05) is 0 Å². The van der Waals surface area contributed by atoms with Gasteiger partial charge in [0.1, 0.15) is 0 Å². The van der Waals surface area contributed by atoms with E-state index in [1.807, 2.05) is 29.2 Å². The molecule has 104 valence electrons. The van der Waals surface area contributed by atoms with Crippen molar-refractivity contribution >= 4 is 11.3 Å². The van der Waals surface area contributed by atoms with Crippen LogP contribution in [0.1, 0.15) is 4.88 Å². The van der Waals surface area contributed by atoms with Crippen molar-refractivity contribution in [1.29, 1.82) is 0 Å². The molecule has 0 amide bonds. The third-order valence-electron chi connectivity index (χ3n) is 3.12. The molecule has 3 heterocycles. The van der Waals surface area contributed by atoms with Crippen LogP contribution < -0.4 is 0 Å². The van der Waals surface area contributed by atoms with E-state index in [2.05, 4.69) is 39.4 Å². The molecule has 3 aromatic heterocycles. The summed E-state index contributed by atoms with van der Waals surface area (Å²) in [7, 11) is 2.14. The minimum absolute atomic E-state index is 0.919. The van der Waals surface area contributed by atoms with Crippen LogP contribution in [0.5, 0.6) is 0 Å². The van der Waals surface area contributed by atoms with Gasteiger partial charge in [-0.2, -0.15) is 10.2 Å². The number of nitrogens with one attached hydrogen (secondary N) is 1. The van der Waals surface area contributed by atoms with Gasteiger partial charge in [0, 0.05) is 36.6 Å². The molecule has 0 aromatic carbocycles. The SMILES string of the molecule is CN(CCn1cccn1)Cc1ccc(-c2ccn[nH]2)s1. The quantitative estimate of drug-likeness (QED) is 0.757. The van der Waals surface area contributed by atoms with Gasteiger partial charge >= 0.3 is 0 Å². The molecule has 6 heteroatoms. The molecule has 0 aliphatic rings. The number of likely N-dealkylation sites (N-methyl/N-ethyl adjacent to an activating group) is 1. The smallest absolute Gasteiger partial charge is 0.0749 e. The Bertz CT molecular complexity index is 626. The van der Waals surface area contributed by atoms with Crippen LogP contribution in [0.15, 0.2) is 42.9 Å². The number of aromatic nitrogens is 4. The highest BCUT2D eigenvalue weighted by Crippen LogP contribution is 2.26. The Morgan fingerprint density at radius 3 is 3.00 bits per heavy atom. The first-order valence-corrected chi connectivity index (χ1v) is 7.37. The summed E-state index contributed by atoms with van der Waals surface area (Å²) in [5.41, 5.74) is 1.08. The number of hydrogen-bond donors (Lipinski definition) is 1. The lowest BCUT2D eigenvalue weighted by Gasteiger charge is -2.15. The van der Waals surface area contributed by atoms with Crippen molar-refractivity contribution < 1.29 is 0 Å². The van der Waals surface area contributed by atoms with Crippen LogP contribution >= 0.6 is 11.3 Å². The molecule has 0 bridgehead atoms. The van der Waals surface area contributed by atoms with Crippen LogP contribution in [0.3, 0.4) is 0 Å². The van der Waals surface area contributed by atoms with Gasteiger partial charge in [0.15, 0.2) is 0 Å². The summed E-state index contributed by atoms with van der Waals surface area (Å²) in [5, 5.41) is 11.2. The van der Waals surface area contributed by atoms with E-state index < -0.39 is 0 Å². The Kier molecular flexibility index (Phi) is 3.94. The first kappa shape index (κ1) is 13.1. The lowest BCUT2D eigenvalue weighted by atomic mass is 10.3. The van der Waals surface area contributed by atoms with Crippen LogP contribution in [0, 0.1) is 0 Å². The topological polar surface area (TPSA) is 49.7 Å². The van der Waals surface area contributed by atoms with Crippen LogP contribution in [-0.4, -0.2) is 38.5 Å². The fourth-order valence-corrected chi connectivity index (χ4v) is 3.11. The second-order valence-electron chi connectivity index (χ2n) is 4.74. The van der Waals surface area contributed by atoms with Gasteiger partial charge in [-0.3, -0.25) is 14.7 Å². The molecule has 0 fully saturated rings. The molecule has 0 unspecified atom stereocenters. The first-order chi connectivity index (χ1) is 9.81. The number of hydrogen-bond acceptors (Lipinski definition) is 4. The maximum absolute atomic E-state index is 4.21. The lowest BCUT2D eigenvalue weighted by Crippen LogP contribution is -2.22. The van der Waals surface area contributed by atoms with E-state index in [0.717, 1.165) is 25.3 Å². The third kappa shape index (κ3) is 3.15.